The molecule has 1 aliphatic rings. The van der Waals surface area contributed by atoms with E-state index in [2.05, 4.69) is 26.9 Å². The summed E-state index contributed by atoms with van der Waals surface area (Å²) in [6, 6.07) is 3.95. The first-order chi connectivity index (χ1) is 8.20. The SMILES string of the molecule is COc1cc(Cl)c(CN2CCCCC2)cc1Br. The highest BCUT2D eigenvalue weighted by Gasteiger charge is 2.14. The summed E-state index contributed by atoms with van der Waals surface area (Å²) in [5, 5.41) is 0.788. The van der Waals surface area contributed by atoms with Crippen LogP contribution >= 0.6 is 27.5 Å². The minimum absolute atomic E-state index is 0.788. The lowest BCUT2D eigenvalue weighted by molar-refractivity contribution is 0.221. The molecule has 17 heavy (non-hydrogen) atoms. The van der Waals surface area contributed by atoms with Gasteiger partial charge in [0.25, 0.3) is 0 Å². The van der Waals surface area contributed by atoms with Gasteiger partial charge in [-0.15, -0.1) is 0 Å². The van der Waals surface area contributed by atoms with Crippen molar-refractivity contribution < 1.29 is 4.74 Å². The second-order valence-corrected chi connectivity index (χ2v) is 5.68. The third kappa shape index (κ3) is 3.36. The zero-order valence-electron chi connectivity index (χ0n) is 10.0. The summed E-state index contributed by atoms with van der Waals surface area (Å²) < 4.78 is 6.19. The Morgan fingerprint density at radius 3 is 2.65 bits per heavy atom. The highest BCUT2D eigenvalue weighted by Crippen LogP contribution is 2.32. The van der Waals surface area contributed by atoms with E-state index in [0.717, 1.165) is 21.8 Å². The molecule has 0 unspecified atom stereocenters. The molecule has 0 bridgehead atoms. The monoisotopic (exact) mass is 317 g/mol. The van der Waals surface area contributed by atoms with Crippen molar-refractivity contribution in [3.8, 4) is 5.75 Å². The summed E-state index contributed by atoms with van der Waals surface area (Å²) in [6.07, 6.45) is 3.96. The lowest BCUT2D eigenvalue weighted by Crippen LogP contribution is -2.29. The fraction of sp³-hybridized carbons (Fsp3) is 0.538. The Kier molecular flexibility index (Phi) is 4.71. The second kappa shape index (κ2) is 6.07. The van der Waals surface area contributed by atoms with Gasteiger partial charge >= 0.3 is 0 Å². The number of benzene rings is 1. The van der Waals surface area contributed by atoms with E-state index in [9.17, 15) is 0 Å². The number of methoxy groups -OCH3 is 1. The molecule has 1 aromatic rings. The first kappa shape index (κ1) is 13.2. The third-order valence-corrected chi connectivity index (χ3v) is 4.14. The molecular formula is C13H17BrClNO. The Labute approximate surface area is 116 Å². The highest BCUT2D eigenvalue weighted by molar-refractivity contribution is 9.10. The maximum atomic E-state index is 6.27. The van der Waals surface area contributed by atoms with Crippen LogP contribution in [0.3, 0.4) is 0 Å². The van der Waals surface area contributed by atoms with E-state index < -0.39 is 0 Å². The molecule has 1 fully saturated rings. The molecule has 0 aliphatic carbocycles. The quantitative estimate of drug-likeness (QED) is 0.832. The molecule has 1 saturated heterocycles. The molecule has 0 saturated carbocycles. The van der Waals surface area contributed by atoms with Gasteiger partial charge in [0, 0.05) is 17.6 Å². The number of ether oxygens (including phenoxy) is 1. The van der Waals surface area contributed by atoms with Gasteiger partial charge in [0.2, 0.25) is 0 Å². The van der Waals surface area contributed by atoms with Crippen LogP contribution in [0.4, 0.5) is 0 Å². The molecule has 0 spiro atoms. The summed E-state index contributed by atoms with van der Waals surface area (Å²) >= 11 is 9.78. The van der Waals surface area contributed by atoms with Crippen LogP contribution in [0, 0.1) is 0 Å². The summed E-state index contributed by atoms with van der Waals surface area (Å²) in [5.74, 6) is 0.789. The number of rotatable bonds is 3. The molecule has 2 rings (SSSR count). The maximum Gasteiger partial charge on any atom is 0.134 e. The molecule has 0 radical (unpaired) electrons. The Balaban J connectivity index is 2.12. The lowest BCUT2D eigenvalue weighted by Gasteiger charge is -2.27. The van der Waals surface area contributed by atoms with Gasteiger partial charge in [0.05, 0.1) is 11.6 Å². The van der Waals surface area contributed by atoms with E-state index in [-0.39, 0.29) is 0 Å². The number of piperidine rings is 1. The van der Waals surface area contributed by atoms with Gasteiger partial charge < -0.3 is 4.74 Å². The van der Waals surface area contributed by atoms with Crippen LogP contribution in [-0.4, -0.2) is 25.1 Å². The van der Waals surface area contributed by atoms with Crippen molar-refractivity contribution in [1.82, 2.24) is 4.90 Å². The van der Waals surface area contributed by atoms with Crippen molar-refractivity contribution in [2.45, 2.75) is 25.8 Å². The molecule has 1 heterocycles. The van der Waals surface area contributed by atoms with Crippen molar-refractivity contribution in [2.75, 3.05) is 20.2 Å². The second-order valence-electron chi connectivity index (χ2n) is 4.41. The predicted molar refractivity (Wildman–Crippen MR) is 74.8 cm³/mol. The van der Waals surface area contributed by atoms with Crippen molar-refractivity contribution in [3.05, 3.63) is 27.2 Å². The van der Waals surface area contributed by atoms with Crippen LogP contribution in [0.2, 0.25) is 5.02 Å². The zero-order valence-corrected chi connectivity index (χ0v) is 12.4. The van der Waals surface area contributed by atoms with Crippen LogP contribution in [-0.2, 0) is 6.54 Å². The molecular weight excluding hydrogens is 302 g/mol. The number of hydrogen-bond donors (Lipinski definition) is 0. The third-order valence-electron chi connectivity index (χ3n) is 3.16. The van der Waals surface area contributed by atoms with Crippen LogP contribution in [0.1, 0.15) is 24.8 Å². The van der Waals surface area contributed by atoms with Gasteiger partial charge in [0.15, 0.2) is 0 Å². The predicted octanol–water partition coefficient (Wildman–Crippen LogP) is 4.10. The Morgan fingerprint density at radius 2 is 2.00 bits per heavy atom. The molecule has 4 heteroatoms. The largest absolute Gasteiger partial charge is 0.496 e. The first-order valence-electron chi connectivity index (χ1n) is 5.95. The molecule has 1 aliphatic heterocycles. The van der Waals surface area contributed by atoms with Crippen LogP contribution in [0.25, 0.3) is 0 Å². The Morgan fingerprint density at radius 1 is 1.29 bits per heavy atom. The van der Waals surface area contributed by atoms with Crippen molar-refractivity contribution >= 4 is 27.5 Å². The Hall–Kier alpha value is -0.250. The van der Waals surface area contributed by atoms with Gasteiger partial charge in [-0.25, -0.2) is 0 Å². The van der Waals surface area contributed by atoms with Gasteiger partial charge in [-0.2, -0.15) is 0 Å². The van der Waals surface area contributed by atoms with Gasteiger partial charge in [-0.3, -0.25) is 4.90 Å². The molecule has 0 atom stereocenters. The summed E-state index contributed by atoms with van der Waals surface area (Å²) in [5.41, 5.74) is 1.17. The number of nitrogens with zero attached hydrogens (tertiary/aromatic N) is 1. The molecule has 0 aromatic heterocycles. The number of hydrogen-bond acceptors (Lipinski definition) is 2. The topological polar surface area (TPSA) is 12.5 Å². The minimum Gasteiger partial charge on any atom is -0.496 e. The summed E-state index contributed by atoms with van der Waals surface area (Å²) in [6.45, 7) is 3.29. The summed E-state index contributed by atoms with van der Waals surface area (Å²) in [4.78, 5) is 2.46. The average molecular weight is 319 g/mol. The molecule has 94 valence electrons. The molecule has 0 amide bonds. The van der Waals surface area contributed by atoms with Crippen molar-refractivity contribution in [3.63, 3.8) is 0 Å². The fourth-order valence-electron chi connectivity index (χ4n) is 2.21. The lowest BCUT2D eigenvalue weighted by atomic mass is 10.1. The van der Waals surface area contributed by atoms with Crippen LogP contribution < -0.4 is 4.74 Å². The van der Waals surface area contributed by atoms with Crippen LogP contribution in [0.15, 0.2) is 16.6 Å². The van der Waals surface area contributed by atoms with E-state index in [1.165, 1.54) is 37.9 Å². The number of likely N-dealkylation sites (tertiary alicyclic amines) is 1. The Bertz CT molecular complexity index is 391. The first-order valence-corrected chi connectivity index (χ1v) is 7.12. The molecule has 1 aromatic carbocycles. The maximum absolute atomic E-state index is 6.27. The van der Waals surface area contributed by atoms with E-state index in [1.807, 2.05) is 6.07 Å². The molecule has 2 nitrogen and oxygen atoms in total. The smallest absolute Gasteiger partial charge is 0.134 e. The van der Waals surface area contributed by atoms with E-state index in [4.69, 9.17) is 16.3 Å². The average Bonchev–Trinajstić information content (AvgIpc) is 2.34. The van der Waals surface area contributed by atoms with Crippen LogP contribution in [0.5, 0.6) is 5.75 Å². The van der Waals surface area contributed by atoms with Gasteiger partial charge in [-0.05, 0) is 53.5 Å². The highest BCUT2D eigenvalue weighted by atomic mass is 79.9. The molecule has 0 N–H and O–H groups in total. The van der Waals surface area contributed by atoms with E-state index in [1.54, 1.807) is 7.11 Å². The normalized spacial score (nSPS) is 17.1. The van der Waals surface area contributed by atoms with Gasteiger partial charge in [-0.1, -0.05) is 18.0 Å². The number of halogens is 2. The minimum atomic E-state index is 0.788. The van der Waals surface area contributed by atoms with Crippen molar-refractivity contribution in [1.29, 1.82) is 0 Å². The van der Waals surface area contributed by atoms with E-state index >= 15 is 0 Å². The summed E-state index contributed by atoms with van der Waals surface area (Å²) in [7, 11) is 1.65. The van der Waals surface area contributed by atoms with Crippen molar-refractivity contribution in [2.24, 2.45) is 0 Å². The standard InChI is InChI=1S/C13H17BrClNO/c1-17-13-8-12(15)10(7-11(13)14)9-16-5-3-2-4-6-16/h7-8H,2-6,9H2,1H3. The zero-order chi connectivity index (χ0) is 12.3. The van der Waals surface area contributed by atoms with E-state index in [0.29, 0.717) is 0 Å². The van der Waals surface area contributed by atoms with Gasteiger partial charge in [0.1, 0.15) is 5.75 Å². The fourth-order valence-corrected chi connectivity index (χ4v) is 2.97.